The second-order valence-electron chi connectivity index (χ2n) is 9.31. The van der Waals surface area contributed by atoms with E-state index in [2.05, 4.69) is 29.1 Å². The van der Waals surface area contributed by atoms with Crippen molar-refractivity contribution < 1.29 is 14.7 Å². The van der Waals surface area contributed by atoms with Crippen LogP contribution in [0.15, 0.2) is 73.1 Å². The minimum atomic E-state index is -0.991. The molecule has 0 aliphatic heterocycles. The molecule has 0 spiro atoms. The van der Waals surface area contributed by atoms with Crippen LogP contribution in [0.1, 0.15) is 59.5 Å². The molecule has 2 unspecified atom stereocenters. The fraction of sp³-hybridized carbons (Fsp3) is 0.286. The number of benzene rings is 1. The number of hydrogen-bond donors (Lipinski definition) is 2. The lowest BCUT2D eigenvalue weighted by atomic mass is 9.90. The molecule has 4 aromatic rings. The number of carbonyl (C=O) groups is 2. The van der Waals surface area contributed by atoms with Crippen LogP contribution in [-0.2, 0) is 11.2 Å². The number of carboxylic acids is 1. The van der Waals surface area contributed by atoms with Crippen LogP contribution in [0.2, 0.25) is 5.02 Å². The summed E-state index contributed by atoms with van der Waals surface area (Å²) >= 11 is 6.06. The Morgan fingerprint density at radius 3 is 2.50 bits per heavy atom. The standard InChI is InChI=1S/C28H29ClN4O3/c1-18(2)14-20(19-9-11-21(29)12-10-19)16-31-27(34)25-7-5-8-26-32-24(17-33(25)26)23(28(35)36)15-22-6-3-4-13-30-22/h3-13,17-18,20,23H,14-16H2,1-2H3,(H,31,34)(H,35,36). The summed E-state index contributed by atoms with van der Waals surface area (Å²) in [7, 11) is 0. The second-order valence-corrected chi connectivity index (χ2v) is 9.75. The molecule has 4 rings (SSSR count). The molecule has 8 heteroatoms. The van der Waals surface area contributed by atoms with Crippen molar-refractivity contribution in [3.63, 3.8) is 0 Å². The van der Waals surface area contributed by atoms with Crippen LogP contribution in [0.25, 0.3) is 5.65 Å². The third-order valence-electron chi connectivity index (χ3n) is 6.14. The first-order valence-corrected chi connectivity index (χ1v) is 12.3. The Bertz CT molecular complexity index is 1340. The van der Waals surface area contributed by atoms with Gasteiger partial charge in [0.25, 0.3) is 5.91 Å². The van der Waals surface area contributed by atoms with Crippen molar-refractivity contribution in [3.05, 3.63) is 101 Å². The maximum Gasteiger partial charge on any atom is 0.313 e. The Hall–Kier alpha value is -3.71. The third kappa shape index (κ3) is 6.10. The fourth-order valence-corrected chi connectivity index (χ4v) is 4.50. The highest BCUT2D eigenvalue weighted by atomic mass is 35.5. The van der Waals surface area contributed by atoms with Crippen molar-refractivity contribution in [2.75, 3.05) is 6.54 Å². The number of carboxylic acid groups (broad SMARTS) is 1. The van der Waals surface area contributed by atoms with Gasteiger partial charge in [-0.3, -0.25) is 19.0 Å². The molecule has 0 bridgehead atoms. The molecule has 2 atom stereocenters. The zero-order chi connectivity index (χ0) is 25.7. The number of amides is 1. The number of aromatic nitrogens is 3. The van der Waals surface area contributed by atoms with E-state index in [1.54, 1.807) is 47.1 Å². The lowest BCUT2D eigenvalue weighted by Gasteiger charge is -2.20. The number of aliphatic carboxylic acids is 1. The number of nitrogens with one attached hydrogen (secondary N) is 1. The van der Waals surface area contributed by atoms with E-state index < -0.39 is 11.9 Å². The van der Waals surface area contributed by atoms with Gasteiger partial charge in [-0.15, -0.1) is 0 Å². The van der Waals surface area contributed by atoms with Gasteiger partial charge in [0.05, 0.1) is 5.69 Å². The largest absolute Gasteiger partial charge is 0.481 e. The highest BCUT2D eigenvalue weighted by Crippen LogP contribution is 2.25. The van der Waals surface area contributed by atoms with Gasteiger partial charge in [0.2, 0.25) is 0 Å². The van der Waals surface area contributed by atoms with Crippen molar-refractivity contribution >= 4 is 29.1 Å². The third-order valence-corrected chi connectivity index (χ3v) is 6.40. The van der Waals surface area contributed by atoms with Crippen LogP contribution in [0.5, 0.6) is 0 Å². The first-order valence-electron chi connectivity index (χ1n) is 12.0. The van der Waals surface area contributed by atoms with Crippen LogP contribution in [0.4, 0.5) is 0 Å². The molecule has 0 fully saturated rings. The number of nitrogens with zero attached hydrogens (tertiary/aromatic N) is 3. The molecule has 1 amide bonds. The SMILES string of the molecule is CC(C)CC(CNC(=O)c1cccc2nc(C(Cc3ccccn3)C(=O)O)cn12)c1ccc(Cl)cc1. The van der Waals surface area contributed by atoms with Crippen LogP contribution >= 0.6 is 11.6 Å². The molecular formula is C28H29ClN4O3. The summed E-state index contributed by atoms with van der Waals surface area (Å²) in [6, 6.07) is 18.3. The average Bonchev–Trinajstić information content (AvgIpc) is 3.29. The number of pyridine rings is 2. The molecule has 7 nitrogen and oxygen atoms in total. The first-order chi connectivity index (χ1) is 17.3. The Balaban J connectivity index is 1.56. The lowest BCUT2D eigenvalue weighted by Crippen LogP contribution is -2.30. The molecule has 2 N–H and O–H groups in total. The molecule has 0 saturated heterocycles. The van der Waals surface area contributed by atoms with Crippen molar-refractivity contribution in [1.82, 2.24) is 19.7 Å². The predicted octanol–water partition coefficient (Wildman–Crippen LogP) is 5.35. The zero-order valence-electron chi connectivity index (χ0n) is 20.3. The molecular weight excluding hydrogens is 476 g/mol. The molecule has 186 valence electrons. The Morgan fingerprint density at radius 1 is 1.06 bits per heavy atom. The topological polar surface area (TPSA) is 96.6 Å². The van der Waals surface area contributed by atoms with Gasteiger partial charge in [-0.1, -0.05) is 49.7 Å². The minimum absolute atomic E-state index is 0.138. The van der Waals surface area contributed by atoms with E-state index in [1.807, 2.05) is 30.3 Å². The van der Waals surface area contributed by atoms with Crippen molar-refractivity contribution in [1.29, 1.82) is 0 Å². The van der Waals surface area contributed by atoms with Gasteiger partial charge in [0.1, 0.15) is 17.3 Å². The summed E-state index contributed by atoms with van der Waals surface area (Å²) in [5.74, 6) is -1.53. The lowest BCUT2D eigenvalue weighted by molar-refractivity contribution is -0.138. The van der Waals surface area contributed by atoms with Gasteiger partial charge in [-0.2, -0.15) is 0 Å². The number of carbonyl (C=O) groups excluding carboxylic acids is 1. The van der Waals surface area contributed by atoms with Gasteiger partial charge in [-0.25, -0.2) is 4.98 Å². The molecule has 0 aliphatic rings. The molecule has 0 radical (unpaired) electrons. The molecule has 3 heterocycles. The number of rotatable bonds is 10. The fourth-order valence-electron chi connectivity index (χ4n) is 4.38. The first kappa shape index (κ1) is 25.4. The predicted molar refractivity (Wildman–Crippen MR) is 139 cm³/mol. The van der Waals surface area contributed by atoms with Crippen LogP contribution in [-0.4, -0.2) is 37.9 Å². The summed E-state index contributed by atoms with van der Waals surface area (Å²) < 4.78 is 1.65. The molecule has 0 aliphatic carbocycles. The van der Waals surface area contributed by atoms with Gasteiger partial charge in [0.15, 0.2) is 0 Å². The normalized spacial score (nSPS) is 13.0. The highest BCUT2D eigenvalue weighted by molar-refractivity contribution is 6.30. The summed E-state index contributed by atoms with van der Waals surface area (Å²) in [6.07, 6.45) is 4.39. The van der Waals surface area contributed by atoms with Gasteiger partial charge < -0.3 is 10.4 Å². The molecule has 0 saturated carbocycles. The van der Waals surface area contributed by atoms with Crippen molar-refractivity contribution in [3.8, 4) is 0 Å². The summed E-state index contributed by atoms with van der Waals surface area (Å²) in [4.78, 5) is 34.1. The van der Waals surface area contributed by atoms with E-state index in [9.17, 15) is 14.7 Å². The summed E-state index contributed by atoms with van der Waals surface area (Å²) in [5, 5.41) is 13.6. The Kier molecular flexibility index (Phi) is 8.00. The smallest absolute Gasteiger partial charge is 0.313 e. The van der Waals surface area contributed by atoms with Crippen LogP contribution in [0, 0.1) is 5.92 Å². The maximum absolute atomic E-state index is 13.2. The number of imidazole rings is 1. The molecule has 1 aromatic carbocycles. The summed E-state index contributed by atoms with van der Waals surface area (Å²) in [5.41, 5.74) is 3.08. The van der Waals surface area contributed by atoms with Gasteiger partial charge >= 0.3 is 5.97 Å². The van der Waals surface area contributed by atoms with Gasteiger partial charge in [0, 0.05) is 42.0 Å². The van der Waals surface area contributed by atoms with E-state index in [4.69, 9.17) is 11.6 Å². The van der Waals surface area contributed by atoms with Gasteiger partial charge in [-0.05, 0) is 54.3 Å². The second kappa shape index (κ2) is 11.4. The van der Waals surface area contributed by atoms with E-state index in [-0.39, 0.29) is 18.2 Å². The van der Waals surface area contributed by atoms with Crippen molar-refractivity contribution in [2.45, 2.75) is 38.5 Å². The Morgan fingerprint density at radius 2 is 1.83 bits per heavy atom. The van der Waals surface area contributed by atoms with Crippen molar-refractivity contribution in [2.24, 2.45) is 5.92 Å². The maximum atomic E-state index is 13.2. The molecule has 3 aromatic heterocycles. The number of halogens is 1. The van der Waals surface area contributed by atoms with E-state index in [1.165, 1.54) is 0 Å². The zero-order valence-corrected chi connectivity index (χ0v) is 21.0. The number of fused-ring (bicyclic) bond motifs is 1. The Labute approximate surface area is 215 Å². The monoisotopic (exact) mass is 504 g/mol. The van der Waals surface area contributed by atoms with E-state index in [0.29, 0.717) is 40.2 Å². The highest BCUT2D eigenvalue weighted by Gasteiger charge is 2.25. The summed E-state index contributed by atoms with van der Waals surface area (Å²) in [6.45, 7) is 4.78. The molecule has 36 heavy (non-hydrogen) atoms. The van der Waals surface area contributed by atoms with E-state index in [0.717, 1.165) is 12.0 Å². The number of hydrogen-bond acceptors (Lipinski definition) is 4. The van der Waals surface area contributed by atoms with E-state index >= 15 is 0 Å². The van der Waals surface area contributed by atoms with Crippen LogP contribution < -0.4 is 5.32 Å². The minimum Gasteiger partial charge on any atom is -0.481 e. The quantitative estimate of drug-likeness (QED) is 0.303. The van der Waals surface area contributed by atoms with Crippen LogP contribution in [0.3, 0.4) is 0 Å². The average molecular weight is 505 g/mol.